The third-order valence-electron chi connectivity index (χ3n) is 17.3. The molecular formula is C72H147O7P. The largest absolute Gasteiger partial charge is 0.556 e. The van der Waals surface area contributed by atoms with Gasteiger partial charge in [0, 0.05) is 0 Å². The van der Waals surface area contributed by atoms with Crippen LogP contribution in [-0.4, -0.2) is 18.3 Å². The summed E-state index contributed by atoms with van der Waals surface area (Å²) in [5.74, 6) is 0. The van der Waals surface area contributed by atoms with E-state index in [4.69, 9.17) is 28.7 Å². The lowest BCUT2D eigenvalue weighted by atomic mass is 10.0. The van der Waals surface area contributed by atoms with E-state index in [2.05, 4.69) is 41.5 Å². The van der Waals surface area contributed by atoms with Crippen molar-refractivity contribution in [1.29, 1.82) is 0 Å². The van der Waals surface area contributed by atoms with Gasteiger partial charge >= 0.3 is 7.82 Å². The van der Waals surface area contributed by atoms with Gasteiger partial charge in [0.05, 0.1) is 18.3 Å². The number of rotatable bonds is 72. The molecule has 0 saturated heterocycles. The topological polar surface area (TPSA) is 72.5 Å². The summed E-state index contributed by atoms with van der Waals surface area (Å²) in [4.78, 5) is 18.6. The first kappa shape index (κ1) is 80.0. The molecule has 3 unspecified atom stereocenters. The van der Waals surface area contributed by atoms with E-state index >= 15 is 0 Å². The van der Waals surface area contributed by atoms with Crippen LogP contribution in [0.1, 0.15) is 446 Å². The Balaban J connectivity index is 5.61. The molecule has 0 rings (SSSR count). The van der Waals surface area contributed by atoms with Crippen LogP contribution in [0.5, 0.6) is 0 Å². The van der Waals surface area contributed by atoms with Crippen molar-refractivity contribution in [3.63, 3.8) is 0 Å². The highest BCUT2D eigenvalue weighted by atomic mass is 31.2. The van der Waals surface area contributed by atoms with Gasteiger partial charge in [-0.25, -0.2) is 19.2 Å². The quantitative estimate of drug-likeness (QED) is 0.0260. The van der Waals surface area contributed by atoms with Gasteiger partial charge in [-0.15, -0.1) is 14.0 Å². The highest BCUT2D eigenvalue weighted by Crippen LogP contribution is 2.52. The Morgan fingerprint density at radius 2 is 0.300 bits per heavy atom. The van der Waals surface area contributed by atoms with Gasteiger partial charge in [-0.1, -0.05) is 408 Å². The maximum absolute atomic E-state index is 14.9. The molecule has 0 aromatic heterocycles. The lowest BCUT2D eigenvalue weighted by Gasteiger charge is -2.24. The monoisotopic (exact) mass is 1160 g/mol. The molecule has 482 valence electrons. The zero-order valence-corrected chi connectivity index (χ0v) is 56.5. The number of hydrogen-bond acceptors (Lipinski definition) is 7. The lowest BCUT2D eigenvalue weighted by Crippen LogP contribution is -2.19. The Bertz CT molecular complexity index is 1030. The molecule has 80 heavy (non-hydrogen) atoms. The predicted octanol–water partition coefficient (Wildman–Crippen LogP) is 27.7. The summed E-state index contributed by atoms with van der Waals surface area (Å²) in [5, 5.41) is 0. The molecule has 0 aromatic carbocycles. The molecule has 0 aliphatic heterocycles. The normalized spacial score (nSPS) is 13.8. The predicted molar refractivity (Wildman–Crippen MR) is 350 cm³/mol. The van der Waals surface area contributed by atoms with Crippen LogP contribution >= 0.6 is 7.82 Å². The van der Waals surface area contributed by atoms with Crippen LogP contribution < -0.4 is 0 Å². The highest BCUT2D eigenvalue weighted by molar-refractivity contribution is 7.48. The van der Waals surface area contributed by atoms with Crippen molar-refractivity contribution in [2.24, 2.45) is 0 Å². The Labute approximate surface area is 503 Å². The summed E-state index contributed by atoms with van der Waals surface area (Å²) in [5.41, 5.74) is 0. The molecule has 7 nitrogen and oxygen atoms in total. The first-order valence-corrected chi connectivity index (χ1v) is 38.6. The fraction of sp³-hybridized carbons (Fsp3) is 1.00. The zero-order valence-electron chi connectivity index (χ0n) is 55.6. The molecule has 0 heterocycles. The molecular weight excluding hydrogens is 1010 g/mol. The summed E-state index contributed by atoms with van der Waals surface area (Å²) in [7, 11) is -4.41. The van der Waals surface area contributed by atoms with Crippen LogP contribution in [0.3, 0.4) is 0 Å². The van der Waals surface area contributed by atoms with Crippen LogP contribution in [0.25, 0.3) is 0 Å². The van der Waals surface area contributed by atoms with Gasteiger partial charge in [-0.05, 0) is 38.5 Å². The van der Waals surface area contributed by atoms with E-state index in [9.17, 15) is 4.57 Å². The maximum Gasteiger partial charge on any atom is 0.556 e. The SMILES string of the molecule is CCCCCCCCCCCCCCCCCC(CCCCCC)OOP(=O)(OOC(CCCCCC)CCCCCCCCCCCCCCCCC)OOC(CCCCCC)CCCCCCCCCCCCCCCCC. The van der Waals surface area contributed by atoms with E-state index in [1.807, 2.05) is 0 Å². The standard InChI is InChI=1S/C72H147O7P/c1-7-13-19-25-28-31-34-37-40-43-46-49-52-55-61-67-70(64-58-22-16-10-4)74-77-80(73,78-75-71(65-59-23-17-11-5)68-62-56-53-50-47-44-41-38-35-32-29-26-20-14-8-2)79-76-72(66-60-24-18-12-6)69-63-57-54-51-48-45-42-39-36-33-30-27-21-15-9-3/h70-72H,7-69H2,1-6H3. The van der Waals surface area contributed by atoms with Crippen LogP contribution in [0.2, 0.25) is 0 Å². The van der Waals surface area contributed by atoms with Crippen molar-refractivity contribution in [3.05, 3.63) is 0 Å². The highest BCUT2D eigenvalue weighted by Gasteiger charge is 2.36. The lowest BCUT2D eigenvalue weighted by molar-refractivity contribution is -0.355. The summed E-state index contributed by atoms with van der Waals surface area (Å²) in [6, 6.07) is 0. The minimum atomic E-state index is -4.41. The number of phosphoric acid groups is 1. The van der Waals surface area contributed by atoms with Crippen molar-refractivity contribution in [2.45, 2.75) is 464 Å². The Morgan fingerprint density at radius 3 is 0.438 bits per heavy atom. The molecule has 0 aliphatic carbocycles. The third-order valence-corrected chi connectivity index (χ3v) is 18.1. The van der Waals surface area contributed by atoms with Gasteiger partial charge < -0.3 is 0 Å². The first-order chi connectivity index (χ1) is 39.5. The molecule has 0 aliphatic rings. The molecule has 8 heteroatoms. The van der Waals surface area contributed by atoms with Gasteiger partial charge in [0.25, 0.3) is 0 Å². The summed E-state index contributed by atoms with van der Waals surface area (Å²) < 4.78 is 32.7. The molecule has 0 saturated carbocycles. The summed E-state index contributed by atoms with van der Waals surface area (Å²) >= 11 is 0. The van der Waals surface area contributed by atoms with Gasteiger partial charge in [-0.2, -0.15) is 0 Å². The average molecular weight is 1160 g/mol. The van der Waals surface area contributed by atoms with Crippen molar-refractivity contribution >= 4 is 7.82 Å². The smallest absolute Gasteiger partial charge is 0.223 e. The number of unbranched alkanes of at least 4 members (excludes halogenated alkanes) is 51. The minimum Gasteiger partial charge on any atom is -0.223 e. The van der Waals surface area contributed by atoms with Crippen LogP contribution in [-0.2, 0) is 33.3 Å². The summed E-state index contributed by atoms with van der Waals surface area (Å²) in [6.45, 7) is 13.7. The van der Waals surface area contributed by atoms with Crippen molar-refractivity contribution < 1.29 is 33.3 Å². The van der Waals surface area contributed by atoms with E-state index in [1.54, 1.807) is 0 Å². The second-order valence-corrected chi connectivity index (χ2v) is 26.9. The molecule has 0 N–H and O–H groups in total. The van der Waals surface area contributed by atoms with Crippen molar-refractivity contribution in [3.8, 4) is 0 Å². The van der Waals surface area contributed by atoms with Gasteiger partial charge in [0.2, 0.25) is 0 Å². The second-order valence-electron chi connectivity index (χ2n) is 25.6. The fourth-order valence-corrected chi connectivity index (χ4v) is 12.5. The van der Waals surface area contributed by atoms with E-state index in [0.717, 1.165) is 96.3 Å². The second kappa shape index (κ2) is 68.1. The maximum atomic E-state index is 14.9. The van der Waals surface area contributed by atoms with Crippen molar-refractivity contribution in [2.75, 3.05) is 0 Å². The fourth-order valence-electron chi connectivity index (χ4n) is 11.7. The van der Waals surface area contributed by atoms with E-state index in [-0.39, 0.29) is 18.3 Å². The Hall–Kier alpha value is -0.0100. The van der Waals surface area contributed by atoms with Gasteiger partial charge in [0.15, 0.2) is 0 Å². The molecule has 0 amide bonds. The Morgan fingerprint density at radius 1 is 0.188 bits per heavy atom. The van der Waals surface area contributed by atoms with E-state index in [1.165, 1.54) is 308 Å². The molecule has 0 radical (unpaired) electrons. The molecule has 0 aromatic rings. The Kier molecular flexibility index (Phi) is 68.1. The minimum absolute atomic E-state index is 0.190. The van der Waals surface area contributed by atoms with Gasteiger partial charge in [0.1, 0.15) is 0 Å². The summed E-state index contributed by atoms with van der Waals surface area (Å²) in [6.07, 6.45) is 78.8. The third kappa shape index (κ3) is 61.1. The average Bonchev–Trinajstić information content (AvgIpc) is 3.46. The molecule has 0 fully saturated rings. The molecule has 3 atom stereocenters. The van der Waals surface area contributed by atoms with Crippen LogP contribution in [0.4, 0.5) is 0 Å². The van der Waals surface area contributed by atoms with E-state index in [0.29, 0.717) is 0 Å². The van der Waals surface area contributed by atoms with Crippen LogP contribution in [0, 0.1) is 0 Å². The first-order valence-electron chi connectivity index (χ1n) is 37.1. The van der Waals surface area contributed by atoms with Crippen LogP contribution in [0.15, 0.2) is 0 Å². The zero-order chi connectivity index (χ0) is 58.0. The van der Waals surface area contributed by atoms with Gasteiger partial charge in [-0.3, -0.25) is 0 Å². The van der Waals surface area contributed by atoms with Crippen molar-refractivity contribution in [1.82, 2.24) is 0 Å². The molecule has 0 spiro atoms. The number of hydrogen-bond donors (Lipinski definition) is 0. The van der Waals surface area contributed by atoms with E-state index < -0.39 is 7.82 Å². The molecule has 0 bridgehead atoms.